The molecule has 0 amide bonds. The summed E-state index contributed by atoms with van der Waals surface area (Å²) >= 11 is 0. The van der Waals surface area contributed by atoms with Gasteiger partial charge in [0.15, 0.2) is 0 Å². The van der Waals surface area contributed by atoms with Crippen LogP contribution >= 0.6 is 0 Å². The van der Waals surface area contributed by atoms with E-state index in [1.165, 1.54) is 22.5 Å². The fraction of sp³-hybridized carbons (Fsp3) is 0.294. The van der Waals surface area contributed by atoms with Gasteiger partial charge in [0, 0.05) is 17.4 Å². The molecule has 3 rings (SSSR count). The first-order chi connectivity index (χ1) is 9.22. The summed E-state index contributed by atoms with van der Waals surface area (Å²) < 4.78 is 0. The van der Waals surface area contributed by atoms with Gasteiger partial charge in [-0.15, -0.1) is 0 Å². The summed E-state index contributed by atoms with van der Waals surface area (Å²) in [5.74, 6) is 0. The van der Waals surface area contributed by atoms with Crippen LogP contribution in [0.2, 0.25) is 0 Å². The number of rotatable bonds is 2. The van der Waals surface area contributed by atoms with Gasteiger partial charge in [-0.1, -0.05) is 30.3 Å². The molecule has 1 aliphatic heterocycles. The lowest BCUT2D eigenvalue weighted by Crippen LogP contribution is -2.28. The molecule has 2 heteroatoms. The Bertz CT molecular complexity index is 577. The normalized spacial score (nSPS) is 21.4. The molecule has 0 saturated heterocycles. The molecule has 0 aromatic heterocycles. The van der Waals surface area contributed by atoms with Crippen molar-refractivity contribution in [1.82, 2.24) is 0 Å². The Labute approximate surface area is 114 Å². The molecule has 0 bridgehead atoms. The number of aryl methyl sites for hydroxylation is 1. The van der Waals surface area contributed by atoms with Gasteiger partial charge in [-0.25, -0.2) is 0 Å². The maximum absolute atomic E-state index is 3.67. The van der Waals surface area contributed by atoms with Gasteiger partial charge < -0.3 is 10.6 Å². The fourth-order valence-corrected chi connectivity index (χ4v) is 2.81. The average Bonchev–Trinajstić information content (AvgIpc) is 2.38. The standard InChI is InChI=1S/C17H20N2/c1-12-6-5-7-14(10-12)19-17-11-13(2)18-16-9-4-3-8-15(16)17/h3-10,13,17-19H,11H2,1-2H3. The molecule has 2 N–H and O–H groups in total. The van der Waals surface area contributed by atoms with Gasteiger partial charge in [0.2, 0.25) is 0 Å². The molecule has 2 aromatic carbocycles. The van der Waals surface area contributed by atoms with Crippen LogP contribution in [0.5, 0.6) is 0 Å². The SMILES string of the molecule is Cc1cccc(NC2CC(C)Nc3ccccc32)c1. The highest BCUT2D eigenvalue weighted by Gasteiger charge is 2.23. The highest BCUT2D eigenvalue weighted by atomic mass is 15.0. The molecule has 1 aliphatic rings. The molecule has 0 fully saturated rings. The van der Waals surface area contributed by atoms with Crippen LogP contribution in [0.25, 0.3) is 0 Å². The summed E-state index contributed by atoms with van der Waals surface area (Å²) in [5.41, 5.74) is 5.11. The molecule has 1 heterocycles. The van der Waals surface area contributed by atoms with Crippen LogP contribution in [0.1, 0.15) is 30.5 Å². The van der Waals surface area contributed by atoms with E-state index in [9.17, 15) is 0 Å². The Morgan fingerprint density at radius 2 is 1.95 bits per heavy atom. The van der Waals surface area contributed by atoms with Crippen molar-refractivity contribution >= 4 is 11.4 Å². The van der Waals surface area contributed by atoms with E-state index < -0.39 is 0 Å². The Balaban J connectivity index is 1.89. The minimum atomic E-state index is 0.384. The molecular weight excluding hydrogens is 232 g/mol. The van der Waals surface area contributed by atoms with E-state index in [-0.39, 0.29) is 0 Å². The quantitative estimate of drug-likeness (QED) is 0.830. The molecule has 0 spiro atoms. The summed E-state index contributed by atoms with van der Waals surface area (Å²) in [5, 5.41) is 7.22. The molecule has 0 saturated carbocycles. The summed E-state index contributed by atoms with van der Waals surface area (Å²) in [4.78, 5) is 0. The van der Waals surface area contributed by atoms with E-state index >= 15 is 0 Å². The van der Waals surface area contributed by atoms with Crippen molar-refractivity contribution in [2.24, 2.45) is 0 Å². The van der Waals surface area contributed by atoms with Crippen LogP contribution in [-0.2, 0) is 0 Å². The highest BCUT2D eigenvalue weighted by Crippen LogP contribution is 2.34. The molecule has 98 valence electrons. The predicted octanol–water partition coefficient (Wildman–Crippen LogP) is 4.35. The first-order valence-electron chi connectivity index (χ1n) is 6.91. The van der Waals surface area contributed by atoms with Gasteiger partial charge >= 0.3 is 0 Å². The van der Waals surface area contributed by atoms with Crippen molar-refractivity contribution in [3.63, 3.8) is 0 Å². The number of hydrogen-bond acceptors (Lipinski definition) is 2. The third-order valence-electron chi connectivity index (χ3n) is 3.69. The van der Waals surface area contributed by atoms with Crippen LogP contribution in [-0.4, -0.2) is 6.04 Å². The van der Waals surface area contributed by atoms with Crippen LogP contribution < -0.4 is 10.6 Å². The lowest BCUT2D eigenvalue weighted by molar-refractivity contribution is 0.600. The van der Waals surface area contributed by atoms with Crippen LogP contribution in [0.3, 0.4) is 0 Å². The Kier molecular flexibility index (Phi) is 3.16. The van der Waals surface area contributed by atoms with Gasteiger partial charge in [0.25, 0.3) is 0 Å². The van der Waals surface area contributed by atoms with E-state index in [1.54, 1.807) is 0 Å². The van der Waals surface area contributed by atoms with E-state index in [0.717, 1.165) is 6.42 Å². The second-order valence-corrected chi connectivity index (χ2v) is 5.43. The van der Waals surface area contributed by atoms with Crippen molar-refractivity contribution in [3.8, 4) is 0 Å². The first kappa shape index (κ1) is 12.1. The minimum absolute atomic E-state index is 0.384. The van der Waals surface area contributed by atoms with Gasteiger partial charge in [0.05, 0.1) is 6.04 Å². The molecule has 0 radical (unpaired) electrons. The number of nitrogens with one attached hydrogen (secondary N) is 2. The third-order valence-corrected chi connectivity index (χ3v) is 3.69. The maximum Gasteiger partial charge on any atom is 0.0553 e. The summed E-state index contributed by atoms with van der Waals surface area (Å²) in [7, 11) is 0. The van der Waals surface area contributed by atoms with Crippen LogP contribution in [0.4, 0.5) is 11.4 Å². The van der Waals surface area contributed by atoms with Crippen LogP contribution in [0, 0.1) is 6.92 Å². The minimum Gasteiger partial charge on any atom is -0.382 e. The lowest BCUT2D eigenvalue weighted by atomic mass is 9.93. The van der Waals surface area contributed by atoms with Crippen molar-refractivity contribution in [2.45, 2.75) is 32.4 Å². The van der Waals surface area contributed by atoms with Crippen molar-refractivity contribution in [3.05, 3.63) is 59.7 Å². The number of anilines is 2. The Hall–Kier alpha value is -1.96. The van der Waals surface area contributed by atoms with E-state index in [1.807, 2.05) is 0 Å². The Morgan fingerprint density at radius 3 is 2.79 bits per heavy atom. The number of fused-ring (bicyclic) bond motifs is 1. The monoisotopic (exact) mass is 252 g/mol. The van der Waals surface area contributed by atoms with Crippen molar-refractivity contribution in [1.29, 1.82) is 0 Å². The number of hydrogen-bond donors (Lipinski definition) is 2. The smallest absolute Gasteiger partial charge is 0.0553 e. The molecular formula is C17H20N2. The predicted molar refractivity (Wildman–Crippen MR) is 81.7 cm³/mol. The fourth-order valence-electron chi connectivity index (χ4n) is 2.81. The van der Waals surface area contributed by atoms with Gasteiger partial charge in [-0.2, -0.15) is 0 Å². The second-order valence-electron chi connectivity index (χ2n) is 5.43. The van der Waals surface area contributed by atoms with E-state index in [2.05, 4.69) is 73.0 Å². The molecule has 2 unspecified atom stereocenters. The van der Waals surface area contributed by atoms with Gasteiger partial charge in [-0.05, 0) is 49.6 Å². The van der Waals surface area contributed by atoms with E-state index in [4.69, 9.17) is 0 Å². The molecule has 2 nitrogen and oxygen atoms in total. The zero-order chi connectivity index (χ0) is 13.2. The number of benzene rings is 2. The van der Waals surface area contributed by atoms with Crippen molar-refractivity contribution < 1.29 is 0 Å². The molecule has 2 aromatic rings. The first-order valence-corrected chi connectivity index (χ1v) is 6.91. The van der Waals surface area contributed by atoms with E-state index in [0.29, 0.717) is 12.1 Å². The van der Waals surface area contributed by atoms with Crippen molar-refractivity contribution in [2.75, 3.05) is 10.6 Å². The number of para-hydroxylation sites is 1. The topological polar surface area (TPSA) is 24.1 Å². The summed E-state index contributed by atoms with van der Waals surface area (Å²) in [6.45, 7) is 4.37. The zero-order valence-electron chi connectivity index (χ0n) is 11.5. The lowest BCUT2D eigenvalue weighted by Gasteiger charge is -2.32. The van der Waals surface area contributed by atoms with Gasteiger partial charge in [-0.3, -0.25) is 0 Å². The second kappa shape index (κ2) is 4.96. The zero-order valence-corrected chi connectivity index (χ0v) is 11.5. The summed E-state index contributed by atoms with van der Waals surface area (Å²) in [6, 6.07) is 18.0. The van der Waals surface area contributed by atoms with Crippen LogP contribution in [0.15, 0.2) is 48.5 Å². The summed E-state index contributed by atoms with van der Waals surface area (Å²) in [6.07, 6.45) is 1.10. The molecule has 19 heavy (non-hydrogen) atoms. The van der Waals surface area contributed by atoms with Gasteiger partial charge in [0.1, 0.15) is 0 Å². The maximum atomic E-state index is 3.67. The average molecular weight is 252 g/mol. The Morgan fingerprint density at radius 1 is 1.11 bits per heavy atom. The molecule has 2 atom stereocenters. The highest BCUT2D eigenvalue weighted by molar-refractivity contribution is 5.58. The third kappa shape index (κ3) is 2.58. The molecule has 0 aliphatic carbocycles. The largest absolute Gasteiger partial charge is 0.382 e.